The summed E-state index contributed by atoms with van der Waals surface area (Å²) < 4.78 is 0. The number of hydrogen-bond acceptors (Lipinski definition) is 1. The SMILES string of the molecule is C=C(CN1CCC(CC)C1)C(C=C(C)C)=C(C)C. The van der Waals surface area contributed by atoms with Crippen molar-refractivity contribution < 1.29 is 0 Å². The molecule has 0 aromatic heterocycles. The van der Waals surface area contributed by atoms with Gasteiger partial charge in [-0.05, 0) is 57.7 Å². The van der Waals surface area contributed by atoms with Crippen molar-refractivity contribution in [1.29, 1.82) is 0 Å². The predicted octanol–water partition coefficient (Wildman–Crippen LogP) is 4.58. The van der Waals surface area contributed by atoms with Gasteiger partial charge in [0.25, 0.3) is 0 Å². The molecule has 0 amide bonds. The van der Waals surface area contributed by atoms with E-state index in [-0.39, 0.29) is 0 Å². The van der Waals surface area contributed by atoms with Gasteiger partial charge in [0.1, 0.15) is 0 Å². The van der Waals surface area contributed by atoms with Crippen molar-refractivity contribution in [2.75, 3.05) is 19.6 Å². The zero-order valence-electron chi connectivity index (χ0n) is 12.8. The Morgan fingerprint density at radius 3 is 2.39 bits per heavy atom. The second-order valence-electron chi connectivity index (χ2n) is 6.04. The van der Waals surface area contributed by atoms with Gasteiger partial charge in [-0.1, -0.05) is 37.1 Å². The molecule has 1 rings (SSSR count). The second-order valence-corrected chi connectivity index (χ2v) is 6.04. The average Bonchev–Trinajstić information content (AvgIpc) is 2.72. The van der Waals surface area contributed by atoms with Gasteiger partial charge in [-0.3, -0.25) is 4.90 Å². The molecule has 1 fully saturated rings. The predicted molar refractivity (Wildman–Crippen MR) is 81.8 cm³/mol. The zero-order chi connectivity index (χ0) is 13.7. The van der Waals surface area contributed by atoms with E-state index in [1.807, 2.05) is 0 Å². The molecule has 0 saturated carbocycles. The van der Waals surface area contributed by atoms with Gasteiger partial charge in [-0.25, -0.2) is 0 Å². The molecule has 1 nitrogen and oxygen atoms in total. The van der Waals surface area contributed by atoms with E-state index in [2.05, 4.69) is 52.2 Å². The van der Waals surface area contributed by atoms with E-state index < -0.39 is 0 Å². The molecule has 0 N–H and O–H groups in total. The molecule has 1 aliphatic rings. The normalized spacial score (nSPS) is 19.7. The van der Waals surface area contributed by atoms with Crippen LogP contribution in [0.5, 0.6) is 0 Å². The van der Waals surface area contributed by atoms with E-state index >= 15 is 0 Å². The Bertz CT molecular complexity index is 352. The third-order valence-electron chi connectivity index (χ3n) is 3.71. The molecule has 18 heavy (non-hydrogen) atoms. The van der Waals surface area contributed by atoms with E-state index in [0.29, 0.717) is 0 Å². The highest BCUT2D eigenvalue weighted by atomic mass is 15.1. The third kappa shape index (κ3) is 4.45. The quantitative estimate of drug-likeness (QED) is 0.643. The number of likely N-dealkylation sites (tertiary alicyclic amines) is 1. The lowest BCUT2D eigenvalue weighted by Gasteiger charge is -2.19. The third-order valence-corrected chi connectivity index (χ3v) is 3.71. The van der Waals surface area contributed by atoms with Crippen LogP contribution in [0.4, 0.5) is 0 Å². The Morgan fingerprint density at radius 1 is 1.28 bits per heavy atom. The Morgan fingerprint density at radius 2 is 1.94 bits per heavy atom. The van der Waals surface area contributed by atoms with Gasteiger partial charge in [-0.15, -0.1) is 0 Å². The average molecular weight is 247 g/mol. The van der Waals surface area contributed by atoms with Crippen LogP contribution >= 0.6 is 0 Å². The second kappa shape index (κ2) is 6.94. The van der Waals surface area contributed by atoms with E-state index in [1.54, 1.807) is 0 Å². The largest absolute Gasteiger partial charge is 0.299 e. The maximum Gasteiger partial charge on any atom is 0.0233 e. The highest BCUT2D eigenvalue weighted by Crippen LogP contribution is 2.23. The molecule has 0 radical (unpaired) electrons. The molecule has 0 bridgehead atoms. The molecular formula is C17H29N. The van der Waals surface area contributed by atoms with E-state index in [1.165, 1.54) is 48.2 Å². The molecule has 102 valence electrons. The molecule has 0 aliphatic carbocycles. The summed E-state index contributed by atoms with van der Waals surface area (Å²) in [7, 11) is 0. The fourth-order valence-electron chi connectivity index (χ4n) is 2.63. The molecule has 0 aromatic carbocycles. The topological polar surface area (TPSA) is 3.24 Å². The van der Waals surface area contributed by atoms with Gasteiger partial charge in [0, 0.05) is 13.1 Å². The van der Waals surface area contributed by atoms with E-state index in [9.17, 15) is 0 Å². The Kier molecular flexibility index (Phi) is 5.87. The highest BCUT2D eigenvalue weighted by Gasteiger charge is 2.21. The van der Waals surface area contributed by atoms with Crippen LogP contribution in [0.15, 0.2) is 34.9 Å². The van der Waals surface area contributed by atoms with Crippen LogP contribution in [0, 0.1) is 5.92 Å². The Balaban J connectivity index is 2.65. The molecule has 1 saturated heterocycles. The first-order valence-corrected chi connectivity index (χ1v) is 7.16. The van der Waals surface area contributed by atoms with Crippen molar-refractivity contribution in [3.63, 3.8) is 0 Å². The summed E-state index contributed by atoms with van der Waals surface area (Å²) in [5, 5.41) is 0. The van der Waals surface area contributed by atoms with Crippen LogP contribution in [0.3, 0.4) is 0 Å². The van der Waals surface area contributed by atoms with Crippen molar-refractivity contribution in [2.24, 2.45) is 5.92 Å². The molecular weight excluding hydrogens is 218 g/mol. The molecule has 1 atom stereocenters. The molecule has 1 unspecified atom stereocenters. The minimum absolute atomic E-state index is 0.899. The first-order valence-electron chi connectivity index (χ1n) is 7.16. The highest BCUT2D eigenvalue weighted by molar-refractivity contribution is 5.43. The van der Waals surface area contributed by atoms with Crippen LogP contribution in [-0.2, 0) is 0 Å². The fourth-order valence-corrected chi connectivity index (χ4v) is 2.63. The van der Waals surface area contributed by atoms with Gasteiger partial charge in [0.2, 0.25) is 0 Å². The van der Waals surface area contributed by atoms with E-state index in [4.69, 9.17) is 0 Å². The van der Waals surface area contributed by atoms with Crippen molar-refractivity contribution >= 4 is 0 Å². The molecule has 0 spiro atoms. The number of nitrogens with zero attached hydrogens (tertiary/aromatic N) is 1. The van der Waals surface area contributed by atoms with Gasteiger partial charge >= 0.3 is 0 Å². The number of rotatable bonds is 5. The van der Waals surface area contributed by atoms with Gasteiger partial charge in [-0.2, -0.15) is 0 Å². The van der Waals surface area contributed by atoms with Gasteiger partial charge in [0.15, 0.2) is 0 Å². The summed E-state index contributed by atoms with van der Waals surface area (Å²) in [5.74, 6) is 0.899. The van der Waals surface area contributed by atoms with Crippen molar-refractivity contribution in [3.05, 3.63) is 34.9 Å². The summed E-state index contributed by atoms with van der Waals surface area (Å²) in [6, 6.07) is 0. The van der Waals surface area contributed by atoms with Crippen LogP contribution in [0.2, 0.25) is 0 Å². The summed E-state index contributed by atoms with van der Waals surface area (Å²) in [6.07, 6.45) is 4.94. The summed E-state index contributed by atoms with van der Waals surface area (Å²) in [5.41, 5.74) is 5.33. The Hall–Kier alpha value is -0.820. The van der Waals surface area contributed by atoms with Crippen molar-refractivity contribution in [2.45, 2.75) is 47.5 Å². The molecule has 1 heterocycles. The summed E-state index contributed by atoms with van der Waals surface area (Å²) in [6.45, 7) is 18.8. The van der Waals surface area contributed by atoms with Crippen LogP contribution in [0.25, 0.3) is 0 Å². The van der Waals surface area contributed by atoms with Gasteiger partial charge < -0.3 is 0 Å². The lowest BCUT2D eigenvalue weighted by molar-refractivity contribution is 0.351. The van der Waals surface area contributed by atoms with Crippen molar-refractivity contribution in [1.82, 2.24) is 4.90 Å². The number of allylic oxidation sites excluding steroid dienone is 3. The molecule has 1 heteroatoms. The van der Waals surface area contributed by atoms with Gasteiger partial charge in [0.05, 0.1) is 0 Å². The lowest BCUT2D eigenvalue weighted by Crippen LogP contribution is -2.23. The first kappa shape index (κ1) is 15.2. The smallest absolute Gasteiger partial charge is 0.0233 e. The Labute approximate surface area is 113 Å². The monoisotopic (exact) mass is 247 g/mol. The minimum Gasteiger partial charge on any atom is -0.299 e. The molecule has 0 aromatic rings. The van der Waals surface area contributed by atoms with E-state index in [0.717, 1.165) is 12.5 Å². The summed E-state index contributed by atoms with van der Waals surface area (Å²) in [4.78, 5) is 2.55. The maximum absolute atomic E-state index is 4.30. The maximum atomic E-state index is 4.30. The minimum atomic E-state index is 0.899. The van der Waals surface area contributed by atoms with Crippen LogP contribution in [0.1, 0.15) is 47.5 Å². The van der Waals surface area contributed by atoms with Crippen LogP contribution < -0.4 is 0 Å². The summed E-state index contributed by atoms with van der Waals surface area (Å²) >= 11 is 0. The standard InChI is InChI=1S/C17H29N/c1-7-16-8-9-18(12-16)11-15(6)17(14(4)5)10-13(2)3/h10,16H,6-9,11-12H2,1-5H3. The zero-order valence-corrected chi connectivity index (χ0v) is 12.8. The fraction of sp³-hybridized carbons (Fsp3) is 0.647. The van der Waals surface area contributed by atoms with Crippen LogP contribution in [-0.4, -0.2) is 24.5 Å². The number of hydrogen-bond donors (Lipinski definition) is 0. The molecule has 1 aliphatic heterocycles. The van der Waals surface area contributed by atoms with Crippen molar-refractivity contribution in [3.8, 4) is 0 Å². The first-order chi connectivity index (χ1) is 8.43. The lowest BCUT2D eigenvalue weighted by atomic mass is 10.00.